The van der Waals surface area contributed by atoms with E-state index in [0.29, 0.717) is 18.7 Å². The Labute approximate surface area is 187 Å². The third-order valence-electron chi connectivity index (χ3n) is 6.09. The molecule has 0 bridgehead atoms. The molecule has 0 saturated carbocycles. The van der Waals surface area contributed by atoms with Crippen LogP contribution in [-0.4, -0.2) is 20.6 Å². The number of furan rings is 1. The van der Waals surface area contributed by atoms with Crippen molar-refractivity contribution >= 4 is 11.6 Å². The molecule has 1 aliphatic heterocycles. The first-order chi connectivity index (χ1) is 15.5. The van der Waals surface area contributed by atoms with E-state index in [-0.39, 0.29) is 12.1 Å². The first-order valence-corrected chi connectivity index (χ1v) is 10.8. The van der Waals surface area contributed by atoms with E-state index >= 15 is 0 Å². The Balaban J connectivity index is 1.54. The summed E-state index contributed by atoms with van der Waals surface area (Å²) in [6.45, 7) is 7.22. The molecule has 1 amide bonds. The average Bonchev–Trinajstić information content (AvgIpc) is 3.40. The molecule has 2 aromatic heterocycles. The number of fused-ring (bicyclic) bond motifs is 1. The zero-order valence-corrected chi connectivity index (χ0v) is 18.5. The van der Waals surface area contributed by atoms with Crippen molar-refractivity contribution in [3.05, 3.63) is 106 Å². The number of carbonyl (C=O) groups excluding carboxylic acids is 1. The molecule has 32 heavy (non-hydrogen) atoms. The molecule has 5 rings (SSSR count). The molecule has 1 atom stereocenters. The number of aryl methyl sites for hydroxylation is 2. The van der Waals surface area contributed by atoms with Crippen molar-refractivity contribution in [3.63, 3.8) is 0 Å². The number of aromatic nitrogens is 2. The van der Waals surface area contributed by atoms with E-state index in [9.17, 15) is 4.79 Å². The van der Waals surface area contributed by atoms with Gasteiger partial charge in [0.15, 0.2) is 0 Å². The van der Waals surface area contributed by atoms with Gasteiger partial charge in [-0.05, 0) is 50.6 Å². The molecule has 0 fully saturated rings. The third-order valence-corrected chi connectivity index (χ3v) is 6.09. The summed E-state index contributed by atoms with van der Waals surface area (Å²) < 4.78 is 7.59. The Morgan fingerprint density at radius 3 is 2.50 bits per heavy atom. The maximum Gasteiger partial charge on any atom is 0.258 e. The molecular weight excluding hydrogens is 400 g/mol. The predicted octanol–water partition coefficient (Wildman–Crippen LogP) is 5.22. The van der Waals surface area contributed by atoms with Crippen LogP contribution in [0.25, 0.3) is 0 Å². The number of hydrogen-bond donors (Lipinski definition) is 1. The smallest absolute Gasteiger partial charge is 0.258 e. The first kappa shape index (κ1) is 20.1. The molecule has 1 unspecified atom stereocenters. The van der Waals surface area contributed by atoms with E-state index in [1.807, 2.05) is 52.9 Å². The largest absolute Gasteiger partial charge is 0.467 e. The molecule has 0 radical (unpaired) electrons. The number of benzene rings is 2. The summed E-state index contributed by atoms with van der Waals surface area (Å²) in [5, 5.41) is 8.41. The summed E-state index contributed by atoms with van der Waals surface area (Å²) in [4.78, 5) is 15.3. The van der Waals surface area contributed by atoms with E-state index in [1.54, 1.807) is 6.26 Å². The molecule has 3 heterocycles. The van der Waals surface area contributed by atoms with Crippen molar-refractivity contribution < 1.29 is 9.21 Å². The maximum atomic E-state index is 13.5. The summed E-state index contributed by atoms with van der Waals surface area (Å²) >= 11 is 0. The molecule has 0 saturated heterocycles. The van der Waals surface area contributed by atoms with Crippen molar-refractivity contribution in [2.75, 3.05) is 5.32 Å². The first-order valence-electron chi connectivity index (χ1n) is 10.8. The molecular formula is C26H26N4O2. The van der Waals surface area contributed by atoms with Crippen LogP contribution in [0.4, 0.5) is 5.69 Å². The number of carbonyl (C=O) groups is 1. The fraction of sp³-hybridized carbons (Fsp3) is 0.231. The molecule has 0 spiro atoms. The summed E-state index contributed by atoms with van der Waals surface area (Å²) in [5.41, 5.74) is 6.89. The Morgan fingerprint density at radius 1 is 0.969 bits per heavy atom. The van der Waals surface area contributed by atoms with Gasteiger partial charge in [-0.3, -0.25) is 9.48 Å². The van der Waals surface area contributed by atoms with Gasteiger partial charge in [0.2, 0.25) is 0 Å². The highest BCUT2D eigenvalue weighted by Crippen LogP contribution is 2.36. The van der Waals surface area contributed by atoms with Gasteiger partial charge in [-0.1, -0.05) is 42.0 Å². The van der Waals surface area contributed by atoms with Crippen LogP contribution in [0.1, 0.15) is 50.4 Å². The topological polar surface area (TPSA) is 63.3 Å². The second-order valence-electron chi connectivity index (χ2n) is 8.33. The van der Waals surface area contributed by atoms with E-state index in [4.69, 9.17) is 9.52 Å². The number of hydrogen-bond acceptors (Lipinski definition) is 4. The molecule has 6 nitrogen and oxygen atoms in total. The predicted molar refractivity (Wildman–Crippen MR) is 123 cm³/mol. The van der Waals surface area contributed by atoms with Crippen molar-refractivity contribution in [2.45, 2.75) is 40.0 Å². The van der Waals surface area contributed by atoms with Crippen LogP contribution in [0.3, 0.4) is 0 Å². The second kappa shape index (κ2) is 8.04. The van der Waals surface area contributed by atoms with Gasteiger partial charge in [-0.15, -0.1) is 0 Å². The average molecular weight is 427 g/mol. The monoisotopic (exact) mass is 426 g/mol. The molecule has 1 N–H and O–H groups in total. The summed E-state index contributed by atoms with van der Waals surface area (Å²) in [5.74, 6) is 0.720. The minimum Gasteiger partial charge on any atom is -0.467 e. The number of para-hydroxylation sites is 1. The minimum absolute atomic E-state index is 0.0224. The number of amides is 1. The lowest BCUT2D eigenvalue weighted by molar-refractivity contribution is 0.0650. The zero-order valence-electron chi connectivity index (χ0n) is 18.5. The van der Waals surface area contributed by atoms with E-state index in [2.05, 4.69) is 43.4 Å². The van der Waals surface area contributed by atoms with Crippen LogP contribution in [0.15, 0.2) is 71.3 Å². The lowest BCUT2D eigenvalue weighted by Gasteiger charge is -2.37. The van der Waals surface area contributed by atoms with Gasteiger partial charge >= 0.3 is 0 Å². The Bertz CT molecular complexity index is 1260. The second-order valence-corrected chi connectivity index (χ2v) is 8.33. The van der Waals surface area contributed by atoms with Crippen LogP contribution in [0.2, 0.25) is 0 Å². The third kappa shape index (κ3) is 3.58. The number of rotatable bonds is 5. The SMILES string of the molecule is Cc1ccc(Cn2nc(C)c(C3Nc4ccccc4C(=O)N3Cc3ccco3)c2C)cc1. The highest BCUT2D eigenvalue weighted by atomic mass is 16.3. The van der Waals surface area contributed by atoms with Gasteiger partial charge in [-0.2, -0.15) is 5.10 Å². The molecule has 6 heteroatoms. The Morgan fingerprint density at radius 2 is 1.75 bits per heavy atom. The fourth-order valence-corrected chi connectivity index (χ4v) is 4.38. The summed E-state index contributed by atoms with van der Waals surface area (Å²) in [7, 11) is 0. The summed E-state index contributed by atoms with van der Waals surface area (Å²) in [6, 6.07) is 19.9. The van der Waals surface area contributed by atoms with Crippen molar-refractivity contribution in [1.82, 2.24) is 14.7 Å². The lowest BCUT2D eigenvalue weighted by atomic mass is 10.0. The molecule has 0 aliphatic carbocycles. The Hall–Kier alpha value is -3.80. The van der Waals surface area contributed by atoms with E-state index < -0.39 is 0 Å². The number of anilines is 1. The zero-order chi connectivity index (χ0) is 22.2. The quantitative estimate of drug-likeness (QED) is 0.475. The van der Waals surface area contributed by atoms with Crippen LogP contribution in [-0.2, 0) is 13.1 Å². The normalized spacial score (nSPS) is 15.5. The number of nitrogens with zero attached hydrogens (tertiary/aromatic N) is 3. The maximum absolute atomic E-state index is 13.5. The highest BCUT2D eigenvalue weighted by Gasteiger charge is 2.36. The van der Waals surface area contributed by atoms with Gasteiger partial charge in [-0.25, -0.2) is 0 Å². The van der Waals surface area contributed by atoms with Crippen LogP contribution in [0, 0.1) is 20.8 Å². The van der Waals surface area contributed by atoms with Crippen molar-refractivity contribution in [2.24, 2.45) is 0 Å². The molecule has 4 aromatic rings. The highest BCUT2D eigenvalue weighted by molar-refractivity contribution is 6.01. The summed E-state index contributed by atoms with van der Waals surface area (Å²) in [6.07, 6.45) is 1.30. The van der Waals surface area contributed by atoms with Gasteiger partial charge < -0.3 is 14.6 Å². The molecule has 2 aromatic carbocycles. The van der Waals surface area contributed by atoms with Gasteiger partial charge in [0.25, 0.3) is 5.91 Å². The van der Waals surface area contributed by atoms with Crippen molar-refractivity contribution in [1.29, 1.82) is 0 Å². The fourth-order valence-electron chi connectivity index (χ4n) is 4.38. The van der Waals surface area contributed by atoms with Crippen molar-refractivity contribution in [3.8, 4) is 0 Å². The van der Waals surface area contributed by atoms with Crippen LogP contribution in [0.5, 0.6) is 0 Å². The van der Waals surface area contributed by atoms with Gasteiger partial charge in [0.05, 0.1) is 30.6 Å². The van der Waals surface area contributed by atoms with E-state index in [0.717, 1.165) is 28.4 Å². The van der Waals surface area contributed by atoms with Crippen LogP contribution >= 0.6 is 0 Å². The van der Waals surface area contributed by atoms with Crippen LogP contribution < -0.4 is 5.32 Å². The minimum atomic E-state index is -0.339. The standard InChI is InChI=1S/C26H26N4O2/c1-17-10-12-20(13-11-17)15-30-19(3)24(18(2)28-30)25-27-23-9-5-4-8-22(23)26(31)29(25)16-21-7-6-14-32-21/h4-14,25,27H,15-16H2,1-3H3. The van der Waals surface area contributed by atoms with Gasteiger partial charge in [0.1, 0.15) is 11.9 Å². The van der Waals surface area contributed by atoms with E-state index in [1.165, 1.54) is 11.1 Å². The van der Waals surface area contributed by atoms with Gasteiger partial charge in [0, 0.05) is 16.9 Å². The lowest BCUT2D eigenvalue weighted by Crippen LogP contribution is -2.42. The molecule has 1 aliphatic rings. The number of nitrogens with one attached hydrogen (secondary N) is 1. The Kier molecular flexibility index (Phi) is 5.05. The molecule has 162 valence electrons.